The van der Waals surface area contributed by atoms with E-state index in [2.05, 4.69) is 79.7 Å². The number of carbonyl (C=O) groups is 1. The predicted molar refractivity (Wildman–Crippen MR) is 138 cm³/mol. The van der Waals surface area contributed by atoms with Crippen molar-refractivity contribution in [2.45, 2.75) is 31.2 Å². The zero-order chi connectivity index (χ0) is 23.5. The van der Waals surface area contributed by atoms with E-state index < -0.39 is 5.54 Å². The number of amides is 1. The SMILES string of the molecule is N#CC(=Cc1cccc(Br)n1)C(=O)NC1(c2ccc(-c3ccc4[nH]ccc4c3)cc2)CCCC1. The first-order chi connectivity index (χ1) is 16.6. The second-order valence-corrected chi connectivity index (χ2v) is 9.47. The number of fused-ring (bicyclic) bond motifs is 1. The second-order valence-electron chi connectivity index (χ2n) is 8.66. The molecule has 1 aliphatic carbocycles. The number of aromatic amines is 1. The van der Waals surface area contributed by atoms with E-state index in [-0.39, 0.29) is 11.5 Å². The lowest BCUT2D eigenvalue weighted by atomic mass is 9.86. The number of hydrogen-bond donors (Lipinski definition) is 2. The van der Waals surface area contributed by atoms with Crippen LogP contribution >= 0.6 is 15.9 Å². The number of carbonyl (C=O) groups excluding carboxylic acids is 1. The summed E-state index contributed by atoms with van der Waals surface area (Å²) in [5.41, 5.74) is 4.61. The van der Waals surface area contributed by atoms with Gasteiger partial charge < -0.3 is 10.3 Å². The highest BCUT2D eigenvalue weighted by Crippen LogP contribution is 2.40. The molecule has 1 amide bonds. The monoisotopic (exact) mass is 510 g/mol. The Labute approximate surface area is 206 Å². The van der Waals surface area contributed by atoms with Crippen molar-refractivity contribution in [1.29, 1.82) is 5.26 Å². The van der Waals surface area contributed by atoms with Gasteiger partial charge in [0.05, 0.1) is 11.2 Å². The Hall–Kier alpha value is -3.69. The number of aromatic nitrogens is 2. The lowest BCUT2D eigenvalue weighted by Crippen LogP contribution is -2.44. The van der Waals surface area contributed by atoms with Gasteiger partial charge in [0, 0.05) is 11.7 Å². The number of rotatable bonds is 5. The lowest BCUT2D eigenvalue weighted by Gasteiger charge is -2.31. The first-order valence-electron chi connectivity index (χ1n) is 11.3. The normalized spacial score (nSPS) is 15.2. The first kappa shape index (κ1) is 22.1. The van der Waals surface area contributed by atoms with Gasteiger partial charge in [-0.3, -0.25) is 4.79 Å². The van der Waals surface area contributed by atoms with Gasteiger partial charge in [0.15, 0.2) is 0 Å². The summed E-state index contributed by atoms with van der Waals surface area (Å²) in [5, 5.41) is 14.0. The maximum atomic E-state index is 13.1. The van der Waals surface area contributed by atoms with Crippen LogP contribution in [0.1, 0.15) is 36.9 Å². The summed E-state index contributed by atoms with van der Waals surface area (Å²) in [7, 11) is 0. The molecule has 0 spiro atoms. The molecule has 0 saturated heterocycles. The quantitative estimate of drug-likeness (QED) is 0.183. The van der Waals surface area contributed by atoms with Crippen LogP contribution in [-0.4, -0.2) is 15.9 Å². The second kappa shape index (κ2) is 9.28. The number of hydrogen-bond acceptors (Lipinski definition) is 3. The van der Waals surface area contributed by atoms with Crippen LogP contribution in [0.15, 0.2) is 83.1 Å². The Kier molecular flexibility index (Phi) is 6.04. The smallest absolute Gasteiger partial charge is 0.262 e. The number of benzene rings is 2. The minimum absolute atomic E-state index is 0.0494. The predicted octanol–water partition coefficient (Wildman–Crippen LogP) is 6.49. The van der Waals surface area contributed by atoms with Crippen LogP contribution in [0.2, 0.25) is 0 Å². The molecular formula is C28H23BrN4O. The minimum Gasteiger partial charge on any atom is -0.361 e. The highest BCUT2D eigenvalue weighted by atomic mass is 79.9. The van der Waals surface area contributed by atoms with Crippen molar-refractivity contribution in [3.63, 3.8) is 0 Å². The molecule has 1 fully saturated rings. The summed E-state index contributed by atoms with van der Waals surface area (Å²) in [6, 6.07) is 24.3. The summed E-state index contributed by atoms with van der Waals surface area (Å²) in [6.07, 6.45) is 7.24. The summed E-state index contributed by atoms with van der Waals surface area (Å²) < 4.78 is 0.655. The Balaban J connectivity index is 1.41. The van der Waals surface area contributed by atoms with Gasteiger partial charge in [0.2, 0.25) is 0 Å². The third-order valence-electron chi connectivity index (χ3n) is 6.53. The fraction of sp³-hybridized carbons (Fsp3) is 0.179. The topological polar surface area (TPSA) is 81.6 Å². The number of nitriles is 1. The third kappa shape index (κ3) is 4.40. The van der Waals surface area contributed by atoms with E-state index in [9.17, 15) is 10.1 Å². The largest absolute Gasteiger partial charge is 0.361 e. The molecule has 168 valence electrons. The van der Waals surface area contributed by atoms with Crippen LogP contribution in [0.3, 0.4) is 0 Å². The van der Waals surface area contributed by atoms with E-state index in [1.54, 1.807) is 12.1 Å². The van der Waals surface area contributed by atoms with Gasteiger partial charge in [-0.15, -0.1) is 0 Å². The van der Waals surface area contributed by atoms with Gasteiger partial charge in [-0.25, -0.2) is 4.98 Å². The zero-order valence-electron chi connectivity index (χ0n) is 18.5. The molecule has 1 saturated carbocycles. The van der Waals surface area contributed by atoms with Gasteiger partial charge in [-0.1, -0.05) is 49.2 Å². The van der Waals surface area contributed by atoms with Crippen molar-refractivity contribution in [1.82, 2.24) is 15.3 Å². The van der Waals surface area contributed by atoms with Gasteiger partial charge in [0.1, 0.15) is 16.2 Å². The molecule has 0 unspecified atom stereocenters. The number of pyridine rings is 1. The third-order valence-corrected chi connectivity index (χ3v) is 6.97. The number of H-pyrrole nitrogens is 1. The maximum absolute atomic E-state index is 13.1. The van der Waals surface area contributed by atoms with E-state index in [1.165, 1.54) is 11.5 Å². The van der Waals surface area contributed by atoms with Crippen LogP contribution in [0.5, 0.6) is 0 Å². The summed E-state index contributed by atoms with van der Waals surface area (Å²) in [5.74, 6) is -0.367. The van der Waals surface area contributed by atoms with Crippen molar-refractivity contribution in [2.24, 2.45) is 0 Å². The van der Waals surface area contributed by atoms with Crippen molar-refractivity contribution in [2.75, 3.05) is 0 Å². The van der Waals surface area contributed by atoms with Crippen LogP contribution in [0, 0.1) is 11.3 Å². The van der Waals surface area contributed by atoms with Gasteiger partial charge in [-0.2, -0.15) is 5.26 Å². The molecule has 2 aromatic heterocycles. The average Bonchev–Trinajstić information content (AvgIpc) is 3.52. The fourth-order valence-corrected chi connectivity index (χ4v) is 5.12. The highest BCUT2D eigenvalue weighted by molar-refractivity contribution is 9.10. The Morgan fingerprint density at radius 1 is 1.06 bits per heavy atom. The van der Waals surface area contributed by atoms with Crippen molar-refractivity contribution < 1.29 is 4.79 Å². The average molecular weight is 511 g/mol. The standard InChI is InChI=1S/C28H23BrN4O/c29-26-5-3-4-24(32-26)17-22(18-30)27(34)33-28(13-1-2-14-28)23-9-6-19(7-10-23)20-8-11-25-21(16-20)12-15-31-25/h3-12,15-17,31H,1-2,13-14H2,(H,33,34). The molecule has 5 nitrogen and oxygen atoms in total. The highest BCUT2D eigenvalue weighted by Gasteiger charge is 2.37. The molecule has 0 radical (unpaired) electrons. The maximum Gasteiger partial charge on any atom is 0.262 e. The lowest BCUT2D eigenvalue weighted by molar-refractivity contribution is -0.119. The molecule has 0 bridgehead atoms. The Bertz CT molecular complexity index is 1420. The molecule has 0 atom stereocenters. The van der Waals surface area contributed by atoms with Crippen LogP contribution in [0.4, 0.5) is 0 Å². The van der Waals surface area contributed by atoms with Crippen molar-refractivity contribution >= 4 is 38.8 Å². The zero-order valence-corrected chi connectivity index (χ0v) is 20.1. The van der Waals surface area contributed by atoms with Crippen LogP contribution in [0.25, 0.3) is 28.1 Å². The summed E-state index contributed by atoms with van der Waals surface area (Å²) >= 11 is 3.33. The molecule has 1 aliphatic rings. The Morgan fingerprint density at radius 3 is 2.56 bits per heavy atom. The number of nitrogens with one attached hydrogen (secondary N) is 2. The minimum atomic E-state index is -0.471. The molecule has 6 heteroatoms. The molecule has 2 aromatic carbocycles. The molecular weight excluding hydrogens is 488 g/mol. The van der Waals surface area contributed by atoms with Gasteiger partial charge in [0.25, 0.3) is 5.91 Å². The van der Waals surface area contributed by atoms with E-state index in [0.717, 1.165) is 47.9 Å². The molecule has 34 heavy (non-hydrogen) atoms. The van der Waals surface area contributed by atoms with E-state index in [4.69, 9.17) is 0 Å². The van der Waals surface area contributed by atoms with Crippen molar-refractivity contribution in [3.8, 4) is 17.2 Å². The van der Waals surface area contributed by atoms with Crippen LogP contribution in [-0.2, 0) is 10.3 Å². The van der Waals surface area contributed by atoms with Gasteiger partial charge >= 0.3 is 0 Å². The number of halogens is 1. The fourth-order valence-electron chi connectivity index (χ4n) is 4.76. The van der Waals surface area contributed by atoms with Crippen LogP contribution < -0.4 is 5.32 Å². The van der Waals surface area contributed by atoms with E-state index in [1.807, 2.05) is 18.3 Å². The molecule has 2 N–H and O–H groups in total. The first-order valence-corrected chi connectivity index (χ1v) is 12.1. The molecule has 2 heterocycles. The molecule has 5 rings (SSSR count). The summed E-state index contributed by atoms with van der Waals surface area (Å²) in [4.78, 5) is 20.7. The van der Waals surface area contributed by atoms with E-state index >= 15 is 0 Å². The summed E-state index contributed by atoms with van der Waals surface area (Å²) in [6.45, 7) is 0. The Morgan fingerprint density at radius 2 is 1.82 bits per heavy atom. The van der Waals surface area contributed by atoms with Gasteiger partial charge in [-0.05, 0) is 87.3 Å². The van der Waals surface area contributed by atoms with E-state index in [0.29, 0.717) is 10.3 Å². The van der Waals surface area contributed by atoms with Crippen molar-refractivity contribution in [3.05, 3.63) is 94.4 Å². The molecule has 0 aliphatic heterocycles. The molecule has 4 aromatic rings. The number of nitrogens with zero attached hydrogens (tertiary/aromatic N) is 2.